The highest BCUT2D eigenvalue weighted by atomic mass is 32.1. The zero-order chi connectivity index (χ0) is 10.1. The summed E-state index contributed by atoms with van der Waals surface area (Å²) in [4.78, 5) is 5.80. The van der Waals surface area contributed by atoms with E-state index in [0.717, 1.165) is 35.0 Å². The molecule has 0 bridgehead atoms. The van der Waals surface area contributed by atoms with Gasteiger partial charge in [-0.1, -0.05) is 12.2 Å². The molecular weight excluding hydrogens is 216 g/mol. The van der Waals surface area contributed by atoms with Gasteiger partial charge in [-0.25, -0.2) is 4.98 Å². The molecular formula is C9H12N2OS2. The van der Waals surface area contributed by atoms with Gasteiger partial charge in [-0.05, 0) is 19.8 Å². The number of thiocarbonyl (C=S) groups is 1. The lowest BCUT2D eigenvalue weighted by Gasteiger charge is -2.03. The molecule has 1 atom stereocenters. The van der Waals surface area contributed by atoms with Gasteiger partial charge in [-0.15, -0.1) is 11.3 Å². The first kappa shape index (κ1) is 10.0. The van der Waals surface area contributed by atoms with Crippen LogP contribution in [0.3, 0.4) is 0 Å². The van der Waals surface area contributed by atoms with Crippen molar-refractivity contribution in [2.75, 3.05) is 6.61 Å². The second-order valence-electron chi connectivity index (χ2n) is 3.33. The van der Waals surface area contributed by atoms with Crippen molar-refractivity contribution in [2.45, 2.75) is 25.9 Å². The van der Waals surface area contributed by atoms with E-state index < -0.39 is 0 Å². The Morgan fingerprint density at radius 3 is 3.00 bits per heavy atom. The number of thiazole rings is 1. The number of aromatic nitrogens is 1. The van der Waals surface area contributed by atoms with E-state index in [1.165, 1.54) is 0 Å². The average Bonchev–Trinajstić information content (AvgIpc) is 2.70. The maximum Gasteiger partial charge on any atom is 0.122 e. The zero-order valence-electron chi connectivity index (χ0n) is 7.95. The topological polar surface area (TPSA) is 48.1 Å². The highest BCUT2D eigenvalue weighted by molar-refractivity contribution is 7.81. The van der Waals surface area contributed by atoms with Crippen molar-refractivity contribution in [2.24, 2.45) is 5.73 Å². The summed E-state index contributed by atoms with van der Waals surface area (Å²) in [6, 6.07) is 0. The normalized spacial score (nSPS) is 21.4. The molecule has 0 saturated carbocycles. The Morgan fingerprint density at radius 1 is 1.71 bits per heavy atom. The van der Waals surface area contributed by atoms with E-state index in [9.17, 15) is 0 Å². The Labute approximate surface area is 92.3 Å². The van der Waals surface area contributed by atoms with Crippen molar-refractivity contribution in [3.8, 4) is 0 Å². The molecule has 1 unspecified atom stereocenters. The van der Waals surface area contributed by atoms with Crippen LogP contribution in [0.1, 0.15) is 34.5 Å². The summed E-state index contributed by atoms with van der Waals surface area (Å²) in [5, 5.41) is 1.02. The second-order valence-corrected chi connectivity index (χ2v) is 4.80. The molecule has 2 N–H and O–H groups in total. The van der Waals surface area contributed by atoms with Crippen molar-refractivity contribution in [1.29, 1.82) is 0 Å². The zero-order valence-corrected chi connectivity index (χ0v) is 9.58. The van der Waals surface area contributed by atoms with Crippen molar-refractivity contribution in [3.05, 3.63) is 15.6 Å². The first-order valence-corrected chi connectivity index (χ1v) is 5.79. The van der Waals surface area contributed by atoms with Gasteiger partial charge in [0.2, 0.25) is 0 Å². The number of ether oxygens (including phenoxy) is 1. The molecule has 3 nitrogen and oxygen atoms in total. The predicted octanol–water partition coefficient (Wildman–Crippen LogP) is 1.94. The van der Waals surface area contributed by atoms with Gasteiger partial charge in [-0.3, -0.25) is 0 Å². The highest BCUT2D eigenvalue weighted by Gasteiger charge is 2.22. The van der Waals surface area contributed by atoms with Crippen LogP contribution >= 0.6 is 23.6 Å². The summed E-state index contributed by atoms with van der Waals surface area (Å²) in [7, 11) is 0. The highest BCUT2D eigenvalue weighted by Crippen LogP contribution is 2.32. The molecule has 5 heteroatoms. The number of rotatable bonds is 2. The maximum absolute atomic E-state index is 5.59. The van der Waals surface area contributed by atoms with E-state index in [-0.39, 0.29) is 6.10 Å². The fourth-order valence-electron chi connectivity index (χ4n) is 1.56. The predicted molar refractivity (Wildman–Crippen MR) is 60.7 cm³/mol. The quantitative estimate of drug-likeness (QED) is 0.786. The van der Waals surface area contributed by atoms with Crippen LogP contribution in [0, 0.1) is 6.92 Å². The van der Waals surface area contributed by atoms with E-state index in [2.05, 4.69) is 4.98 Å². The van der Waals surface area contributed by atoms with Crippen molar-refractivity contribution < 1.29 is 4.74 Å². The van der Waals surface area contributed by atoms with E-state index in [1.54, 1.807) is 11.3 Å². The molecule has 14 heavy (non-hydrogen) atoms. The minimum absolute atomic E-state index is 0.168. The van der Waals surface area contributed by atoms with Gasteiger partial charge >= 0.3 is 0 Å². The third-order valence-electron chi connectivity index (χ3n) is 2.24. The number of nitrogens with zero attached hydrogens (tertiary/aromatic N) is 1. The van der Waals surface area contributed by atoms with E-state index in [4.69, 9.17) is 22.7 Å². The van der Waals surface area contributed by atoms with Crippen molar-refractivity contribution >= 4 is 28.5 Å². The first-order chi connectivity index (χ1) is 6.68. The average molecular weight is 228 g/mol. The number of aryl methyl sites for hydroxylation is 1. The largest absolute Gasteiger partial charge is 0.389 e. The van der Waals surface area contributed by atoms with Gasteiger partial charge in [0.1, 0.15) is 16.1 Å². The minimum Gasteiger partial charge on any atom is -0.389 e. The Balaban J connectivity index is 2.27. The Hall–Kier alpha value is -0.520. The molecule has 1 aliphatic heterocycles. The van der Waals surface area contributed by atoms with Gasteiger partial charge in [-0.2, -0.15) is 0 Å². The van der Waals surface area contributed by atoms with E-state index >= 15 is 0 Å². The molecule has 0 radical (unpaired) electrons. The minimum atomic E-state index is 0.168. The summed E-state index contributed by atoms with van der Waals surface area (Å²) < 4.78 is 5.55. The number of hydrogen-bond acceptors (Lipinski definition) is 4. The van der Waals surface area contributed by atoms with Gasteiger partial charge < -0.3 is 10.5 Å². The Kier molecular flexibility index (Phi) is 2.80. The summed E-state index contributed by atoms with van der Waals surface area (Å²) >= 11 is 6.51. The van der Waals surface area contributed by atoms with Crippen molar-refractivity contribution in [1.82, 2.24) is 4.98 Å². The molecule has 0 spiro atoms. The molecule has 1 fully saturated rings. The van der Waals surface area contributed by atoms with Crippen LogP contribution in [0.2, 0.25) is 0 Å². The van der Waals surface area contributed by atoms with Crippen LogP contribution in [0.15, 0.2) is 0 Å². The summed E-state index contributed by atoms with van der Waals surface area (Å²) in [6.45, 7) is 2.77. The molecule has 1 aromatic rings. The van der Waals surface area contributed by atoms with Crippen LogP contribution in [-0.2, 0) is 4.74 Å². The molecule has 0 aliphatic carbocycles. The van der Waals surface area contributed by atoms with Crippen LogP contribution in [0.4, 0.5) is 0 Å². The molecule has 2 heterocycles. The van der Waals surface area contributed by atoms with E-state index in [1.807, 2.05) is 6.92 Å². The summed E-state index contributed by atoms with van der Waals surface area (Å²) in [6.07, 6.45) is 2.34. The third kappa shape index (κ3) is 1.80. The van der Waals surface area contributed by atoms with Crippen LogP contribution < -0.4 is 5.73 Å². The molecule has 0 amide bonds. The van der Waals surface area contributed by atoms with Crippen LogP contribution in [-0.4, -0.2) is 16.6 Å². The van der Waals surface area contributed by atoms with Gasteiger partial charge in [0.15, 0.2) is 0 Å². The van der Waals surface area contributed by atoms with Crippen molar-refractivity contribution in [3.63, 3.8) is 0 Å². The lowest BCUT2D eigenvalue weighted by Crippen LogP contribution is -2.08. The smallest absolute Gasteiger partial charge is 0.122 e. The molecule has 1 aliphatic rings. The third-order valence-corrected chi connectivity index (χ3v) is 3.86. The van der Waals surface area contributed by atoms with Gasteiger partial charge in [0.05, 0.1) is 10.6 Å². The van der Waals surface area contributed by atoms with E-state index in [0.29, 0.717) is 4.99 Å². The Bertz CT molecular complexity index is 356. The maximum atomic E-state index is 5.59. The fourth-order valence-corrected chi connectivity index (χ4v) is 2.83. The molecule has 0 aromatic carbocycles. The summed E-state index contributed by atoms with van der Waals surface area (Å²) in [5.41, 5.74) is 6.51. The van der Waals surface area contributed by atoms with Crippen LogP contribution in [0.5, 0.6) is 0 Å². The molecule has 2 rings (SSSR count). The van der Waals surface area contributed by atoms with Gasteiger partial charge in [0.25, 0.3) is 0 Å². The lowest BCUT2D eigenvalue weighted by molar-refractivity contribution is 0.111. The Morgan fingerprint density at radius 2 is 2.50 bits per heavy atom. The molecule has 1 saturated heterocycles. The summed E-state index contributed by atoms with van der Waals surface area (Å²) in [5.74, 6) is 0. The van der Waals surface area contributed by atoms with Crippen LogP contribution in [0.25, 0.3) is 0 Å². The number of nitrogens with two attached hydrogens (primary N) is 1. The SMILES string of the molecule is Cc1nc(C2CCCO2)sc1C(N)=S. The standard InChI is InChI=1S/C9H12N2OS2/c1-5-7(8(10)13)14-9(11-5)6-3-2-4-12-6/h6H,2-4H2,1H3,(H2,10,13). The first-order valence-electron chi connectivity index (χ1n) is 4.57. The fraction of sp³-hybridized carbons (Fsp3) is 0.556. The van der Waals surface area contributed by atoms with Gasteiger partial charge in [0, 0.05) is 6.61 Å². The monoisotopic (exact) mass is 228 g/mol. The molecule has 76 valence electrons. The molecule has 1 aromatic heterocycles. The number of hydrogen-bond donors (Lipinski definition) is 1. The lowest BCUT2D eigenvalue weighted by atomic mass is 10.2. The second kappa shape index (κ2) is 3.92.